The quantitative estimate of drug-likeness (QED) is 0.584. The molecule has 0 bridgehead atoms. The molecule has 0 saturated carbocycles. The van der Waals surface area contributed by atoms with E-state index in [1.165, 1.54) is 0 Å². The number of nitrogens with zero attached hydrogens (tertiary/aromatic N) is 2. The number of nitrogens with one attached hydrogen (secondary N) is 1. The number of rotatable bonds is 8. The van der Waals surface area contributed by atoms with E-state index in [4.69, 9.17) is 9.47 Å². The number of hydrogen-bond acceptors (Lipinski definition) is 5. The molecule has 0 unspecified atom stereocenters. The van der Waals surface area contributed by atoms with Crippen LogP contribution in [0.1, 0.15) is 32.3 Å². The van der Waals surface area contributed by atoms with Crippen molar-refractivity contribution < 1.29 is 14.3 Å². The van der Waals surface area contributed by atoms with Gasteiger partial charge in [-0.3, -0.25) is 9.69 Å². The summed E-state index contributed by atoms with van der Waals surface area (Å²) in [5, 5.41) is 4.34. The molecule has 0 aromatic heterocycles. The van der Waals surface area contributed by atoms with Gasteiger partial charge in [0.15, 0.2) is 0 Å². The average molecular weight is 333 g/mol. The van der Waals surface area contributed by atoms with Gasteiger partial charge in [-0.05, 0) is 43.2 Å². The van der Waals surface area contributed by atoms with Crippen LogP contribution in [0.2, 0.25) is 0 Å². The van der Waals surface area contributed by atoms with E-state index in [0.717, 1.165) is 43.0 Å². The molecule has 1 aliphatic heterocycles. The van der Waals surface area contributed by atoms with Crippen molar-refractivity contribution in [1.29, 1.82) is 0 Å². The second-order valence-corrected chi connectivity index (χ2v) is 5.69. The summed E-state index contributed by atoms with van der Waals surface area (Å²) in [5.41, 5.74) is 4.58. The van der Waals surface area contributed by atoms with Crippen LogP contribution >= 0.6 is 0 Å². The third-order valence-corrected chi connectivity index (χ3v) is 3.77. The Bertz CT molecular complexity index is 537. The van der Waals surface area contributed by atoms with Gasteiger partial charge < -0.3 is 9.47 Å². The lowest BCUT2D eigenvalue weighted by Gasteiger charge is -2.25. The number of ether oxygens (including phenoxy) is 2. The van der Waals surface area contributed by atoms with Gasteiger partial charge in [0, 0.05) is 13.1 Å². The highest BCUT2D eigenvalue weighted by molar-refractivity contribution is 6.01. The van der Waals surface area contributed by atoms with Crippen LogP contribution in [0.4, 0.5) is 0 Å². The van der Waals surface area contributed by atoms with Gasteiger partial charge in [-0.25, -0.2) is 5.43 Å². The number of carbonyl (C=O) groups is 1. The predicted molar refractivity (Wildman–Crippen MR) is 94.5 cm³/mol. The first-order chi connectivity index (χ1) is 11.7. The van der Waals surface area contributed by atoms with Gasteiger partial charge in [0.05, 0.1) is 32.1 Å². The van der Waals surface area contributed by atoms with Gasteiger partial charge in [0.25, 0.3) is 5.91 Å². The maximum Gasteiger partial charge on any atom is 0.254 e. The Hall–Kier alpha value is -1.92. The van der Waals surface area contributed by atoms with E-state index >= 15 is 0 Å². The first-order valence-electron chi connectivity index (χ1n) is 8.61. The molecule has 6 nitrogen and oxygen atoms in total. The minimum Gasteiger partial charge on any atom is -0.494 e. The fourth-order valence-electron chi connectivity index (χ4n) is 2.54. The summed E-state index contributed by atoms with van der Waals surface area (Å²) in [6.45, 7) is 8.01. The predicted octanol–water partition coefficient (Wildman–Crippen LogP) is 2.04. The van der Waals surface area contributed by atoms with Crippen molar-refractivity contribution in [3.8, 4) is 5.75 Å². The molecule has 1 amide bonds. The smallest absolute Gasteiger partial charge is 0.254 e. The van der Waals surface area contributed by atoms with E-state index in [1.54, 1.807) is 0 Å². The molecule has 1 aliphatic rings. The van der Waals surface area contributed by atoms with Crippen LogP contribution < -0.4 is 10.2 Å². The lowest BCUT2D eigenvalue weighted by molar-refractivity contribution is -0.123. The third kappa shape index (κ3) is 5.94. The summed E-state index contributed by atoms with van der Waals surface area (Å²) in [4.78, 5) is 14.1. The summed E-state index contributed by atoms with van der Waals surface area (Å²) in [6.07, 6.45) is 1.77. The minimum absolute atomic E-state index is 0.0866. The Morgan fingerprint density at radius 1 is 1.25 bits per heavy atom. The van der Waals surface area contributed by atoms with Crippen molar-refractivity contribution in [2.45, 2.75) is 26.7 Å². The highest BCUT2D eigenvalue weighted by Gasteiger charge is 2.14. The Morgan fingerprint density at radius 2 is 1.96 bits per heavy atom. The van der Waals surface area contributed by atoms with Gasteiger partial charge in [-0.1, -0.05) is 13.3 Å². The maximum atomic E-state index is 12.1. The molecule has 6 heteroatoms. The summed E-state index contributed by atoms with van der Waals surface area (Å²) in [5.74, 6) is 0.755. The number of morpholine rings is 1. The van der Waals surface area contributed by atoms with Gasteiger partial charge in [-0.15, -0.1) is 0 Å². The summed E-state index contributed by atoms with van der Waals surface area (Å²) < 4.78 is 10.7. The van der Waals surface area contributed by atoms with E-state index in [-0.39, 0.29) is 5.91 Å². The molecule has 1 aromatic carbocycles. The van der Waals surface area contributed by atoms with Crippen LogP contribution in [0.15, 0.2) is 29.4 Å². The lowest BCUT2D eigenvalue weighted by atomic mass is 10.1. The first kappa shape index (κ1) is 18.4. The van der Waals surface area contributed by atoms with Crippen LogP contribution in [0.3, 0.4) is 0 Å². The molecule has 1 saturated heterocycles. The van der Waals surface area contributed by atoms with Crippen LogP contribution in [0.5, 0.6) is 5.75 Å². The van der Waals surface area contributed by atoms with Crippen molar-refractivity contribution in [3.05, 3.63) is 29.8 Å². The third-order valence-electron chi connectivity index (χ3n) is 3.77. The zero-order valence-corrected chi connectivity index (χ0v) is 14.6. The highest BCUT2D eigenvalue weighted by Crippen LogP contribution is 2.14. The van der Waals surface area contributed by atoms with Gasteiger partial charge in [0.1, 0.15) is 5.75 Å². The summed E-state index contributed by atoms with van der Waals surface area (Å²) in [6, 6.07) is 7.82. The Morgan fingerprint density at radius 3 is 2.58 bits per heavy atom. The number of hydrazone groups is 1. The Balaban J connectivity index is 1.95. The first-order valence-corrected chi connectivity index (χ1v) is 8.61. The summed E-state index contributed by atoms with van der Waals surface area (Å²) >= 11 is 0. The molecule has 24 heavy (non-hydrogen) atoms. The SMILES string of the molecule is CCC/C(=N\NC(=O)CN1CCOCC1)c1ccc(OCC)cc1. The van der Waals surface area contributed by atoms with E-state index in [9.17, 15) is 4.79 Å². The van der Waals surface area contributed by atoms with Crippen molar-refractivity contribution in [2.75, 3.05) is 39.5 Å². The van der Waals surface area contributed by atoms with Crippen LogP contribution in [-0.2, 0) is 9.53 Å². The Kier molecular flexibility index (Phi) is 7.71. The van der Waals surface area contributed by atoms with Gasteiger partial charge in [0.2, 0.25) is 0 Å². The van der Waals surface area contributed by atoms with E-state index in [0.29, 0.717) is 26.4 Å². The molecule has 132 valence electrons. The number of benzene rings is 1. The number of hydrogen-bond donors (Lipinski definition) is 1. The molecule has 0 aliphatic carbocycles. The van der Waals surface area contributed by atoms with Crippen LogP contribution in [0, 0.1) is 0 Å². The highest BCUT2D eigenvalue weighted by atomic mass is 16.5. The largest absolute Gasteiger partial charge is 0.494 e. The zero-order valence-electron chi connectivity index (χ0n) is 14.6. The van der Waals surface area contributed by atoms with Crippen molar-refractivity contribution in [3.63, 3.8) is 0 Å². The molecule has 1 N–H and O–H groups in total. The molecule has 1 heterocycles. The molecule has 0 spiro atoms. The second-order valence-electron chi connectivity index (χ2n) is 5.69. The van der Waals surface area contributed by atoms with Crippen LogP contribution in [0.25, 0.3) is 0 Å². The molecule has 2 rings (SSSR count). The molecule has 1 fully saturated rings. The fraction of sp³-hybridized carbons (Fsp3) is 0.556. The average Bonchev–Trinajstić information content (AvgIpc) is 2.60. The lowest BCUT2D eigenvalue weighted by Crippen LogP contribution is -2.42. The van der Waals surface area contributed by atoms with E-state index < -0.39 is 0 Å². The molecule has 1 aromatic rings. The van der Waals surface area contributed by atoms with Gasteiger partial charge in [-0.2, -0.15) is 5.10 Å². The maximum absolute atomic E-state index is 12.1. The fourth-order valence-corrected chi connectivity index (χ4v) is 2.54. The number of amides is 1. The standard InChI is InChI=1S/C18H27N3O3/c1-3-5-17(15-6-8-16(9-7-15)24-4-2)19-20-18(22)14-21-10-12-23-13-11-21/h6-9H,3-5,10-14H2,1-2H3,(H,20,22)/b19-17+. The molecule has 0 radical (unpaired) electrons. The Labute approximate surface area is 143 Å². The van der Waals surface area contributed by atoms with E-state index in [1.807, 2.05) is 31.2 Å². The van der Waals surface area contributed by atoms with Crippen molar-refractivity contribution >= 4 is 11.6 Å². The van der Waals surface area contributed by atoms with Crippen molar-refractivity contribution in [2.24, 2.45) is 5.10 Å². The molecule has 0 atom stereocenters. The number of carbonyl (C=O) groups excluding carboxylic acids is 1. The van der Waals surface area contributed by atoms with Gasteiger partial charge >= 0.3 is 0 Å². The minimum atomic E-state index is -0.0866. The van der Waals surface area contributed by atoms with Crippen molar-refractivity contribution in [1.82, 2.24) is 10.3 Å². The van der Waals surface area contributed by atoms with E-state index in [2.05, 4.69) is 22.4 Å². The normalized spacial score (nSPS) is 16.0. The monoisotopic (exact) mass is 333 g/mol. The van der Waals surface area contributed by atoms with Crippen LogP contribution in [-0.4, -0.2) is 56.0 Å². The zero-order chi connectivity index (χ0) is 17.2. The summed E-state index contributed by atoms with van der Waals surface area (Å²) in [7, 11) is 0. The molecular formula is C18H27N3O3. The topological polar surface area (TPSA) is 63.2 Å². The molecular weight excluding hydrogens is 306 g/mol. The second kappa shape index (κ2) is 10.1.